The summed E-state index contributed by atoms with van der Waals surface area (Å²) in [5, 5.41) is 5.59. The number of sulfonamides is 1. The molecule has 0 aromatic carbocycles. The van der Waals surface area contributed by atoms with Crippen LogP contribution in [0.2, 0.25) is 0 Å². The molecule has 1 saturated heterocycles. The van der Waals surface area contributed by atoms with E-state index in [2.05, 4.69) is 27.4 Å². The van der Waals surface area contributed by atoms with Crippen molar-refractivity contribution in [2.45, 2.75) is 25.2 Å². The van der Waals surface area contributed by atoms with E-state index in [1.807, 2.05) is 6.92 Å². The fourth-order valence-corrected chi connectivity index (χ4v) is 3.97. The standard InChI is InChI=1S/C15H25N5O3S/c1-3-5-16-15-14(18-12-21)10-13(11-17-15)24(22,23)20-8-6-19(4-2)7-9-20/h10-12H,3-9H2,1-2H3,(H,16,17)(H,18,21). The van der Waals surface area contributed by atoms with Crippen molar-refractivity contribution in [3.05, 3.63) is 12.3 Å². The Hall–Kier alpha value is -1.71. The van der Waals surface area contributed by atoms with Crippen LogP contribution in [0.5, 0.6) is 0 Å². The van der Waals surface area contributed by atoms with Crippen LogP contribution >= 0.6 is 0 Å². The Labute approximate surface area is 143 Å². The van der Waals surface area contributed by atoms with Crippen molar-refractivity contribution in [2.24, 2.45) is 0 Å². The Balaban J connectivity index is 2.23. The van der Waals surface area contributed by atoms with Crippen molar-refractivity contribution in [1.29, 1.82) is 0 Å². The zero-order valence-corrected chi connectivity index (χ0v) is 15.0. The van der Waals surface area contributed by atoms with Crippen LogP contribution in [0.3, 0.4) is 0 Å². The maximum atomic E-state index is 12.8. The first-order chi connectivity index (χ1) is 11.5. The van der Waals surface area contributed by atoms with Gasteiger partial charge in [0.15, 0.2) is 0 Å². The molecule has 9 heteroatoms. The molecular weight excluding hydrogens is 330 g/mol. The second-order valence-electron chi connectivity index (χ2n) is 5.59. The van der Waals surface area contributed by atoms with Gasteiger partial charge in [0.05, 0.1) is 5.69 Å². The zero-order chi connectivity index (χ0) is 17.6. The number of aromatic nitrogens is 1. The number of nitrogens with zero attached hydrogens (tertiary/aromatic N) is 3. The number of piperazine rings is 1. The topological polar surface area (TPSA) is 94.6 Å². The van der Waals surface area contributed by atoms with Crippen molar-refractivity contribution in [3.63, 3.8) is 0 Å². The molecule has 134 valence electrons. The fourth-order valence-electron chi connectivity index (χ4n) is 2.58. The molecule has 1 aromatic rings. The number of hydrogen-bond acceptors (Lipinski definition) is 6. The summed E-state index contributed by atoms with van der Waals surface area (Å²) >= 11 is 0. The lowest BCUT2D eigenvalue weighted by molar-refractivity contribution is -0.105. The maximum absolute atomic E-state index is 12.8. The van der Waals surface area contributed by atoms with Gasteiger partial charge in [-0.1, -0.05) is 13.8 Å². The molecule has 1 aliphatic heterocycles. The first-order valence-corrected chi connectivity index (χ1v) is 9.63. The summed E-state index contributed by atoms with van der Waals surface area (Å²) in [7, 11) is -3.61. The monoisotopic (exact) mass is 355 g/mol. The normalized spacial score (nSPS) is 16.8. The van der Waals surface area contributed by atoms with Gasteiger partial charge in [-0.3, -0.25) is 4.79 Å². The van der Waals surface area contributed by atoms with E-state index in [4.69, 9.17) is 0 Å². The molecule has 2 heterocycles. The third-order valence-electron chi connectivity index (χ3n) is 4.04. The van der Waals surface area contributed by atoms with Gasteiger partial charge in [-0.25, -0.2) is 13.4 Å². The number of nitrogens with one attached hydrogen (secondary N) is 2. The van der Waals surface area contributed by atoms with E-state index in [1.165, 1.54) is 16.6 Å². The van der Waals surface area contributed by atoms with Crippen molar-refractivity contribution in [1.82, 2.24) is 14.2 Å². The third kappa shape index (κ3) is 4.22. The second-order valence-corrected chi connectivity index (χ2v) is 7.53. The van der Waals surface area contributed by atoms with Crippen LogP contribution < -0.4 is 10.6 Å². The first-order valence-electron chi connectivity index (χ1n) is 8.19. The smallest absolute Gasteiger partial charge is 0.244 e. The van der Waals surface area contributed by atoms with Crippen LogP contribution in [0.25, 0.3) is 0 Å². The number of hydrogen-bond donors (Lipinski definition) is 2. The lowest BCUT2D eigenvalue weighted by atomic mass is 10.3. The summed E-state index contributed by atoms with van der Waals surface area (Å²) in [5.41, 5.74) is 0.367. The fraction of sp³-hybridized carbons (Fsp3) is 0.600. The number of amides is 1. The summed E-state index contributed by atoms with van der Waals surface area (Å²) in [4.78, 5) is 17.3. The average molecular weight is 355 g/mol. The van der Waals surface area contributed by atoms with Crippen LogP contribution in [0, 0.1) is 0 Å². The zero-order valence-electron chi connectivity index (χ0n) is 14.2. The van der Waals surface area contributed by atoms with Crippen LogP contribution in [-0.4, -0.2) is 68.3 Å². The Morgan fingerprint density at radius 3 is 2.54 bits per heavy atom. The Bertz CT molecular complexity index is 657. The van der Waals surface area contributed by atoms with Crippen LogP contribution in [-0.2, 0) is 14.8 Å². The van der Waals surface area contributed by atoms with E-state index >= 15 is 0 Å². The second kappa shape index (κ2) is 8.41. The molecule has 1 aliphatic rings. The summed E-state index contributed by atoms with van der Waals surface area (Å²) in [6, 6.07) is 1.46. The molecule has 0 aliphatic carbocycles. The highest BCUT2D eigenvalue weighted by Crippen LogP contribution is 2.25. The van der Waals surface area contributed by atoms with E-state index in [9.17, 15) is 13.2 Å². The molecule has 0 atom stereocenters. The Kier molecular flexibility index (Phi) is 6.52. The summed E-state index contributed by atoms with van der Waals surface area (Å²) in [6.45, 7) is 8.04. The third-order valence-corrected chi connectivity index (χ3v) is 5.90. The Morgan fingerprint density at radius 2 is 1.96 bits per heavy atom. The van der Waals surface area contributed by atoms with Gasteiger partial charge < -0.3 is 15.5 Å². The molecule has 0 spiro atoms. The highest BCUT2D eigenvalue weighted by Gasteiger charge is 2.29. The molecule has 0 radical (unpaired) electrons. The van der Waals surface area contributed by atoms with E-state index in [0.29, 0.717) is 37.5 Å². The summed E-state index contributed by atoms with van der Waals surface area (Å²) in [5.74, 6) is 0.471. The SMILES string of the molecule is CCCNc1ncc(S(=O)(=O)N2CCN(CC)CC2)cc1NC=O. The average Bonchev–Trinajstić information content (AvgIpc) is 2.61. The molecule has 2 N–H and O–H groups in total. The number of pyridine rings is 1. The molecule has 1 aromatic heterocycles. The summed E-state index contributed by atoms with van der Waals surface area (Å²) < 4.78 is 27.1. The Morgan fingerprint density at radius 1 is 1.25 bits per heavy atom. The van der Waals surface area contributed by atoms with E-state index in [1.54, 1.807) is 0 Å². The van der Waals surface area contributed by atoms with Gasteiger partial charge in [0.2, 0.25) is 16.4 Å². The van der Waals surface area contributed by atoms with Crippen molar-refractivity contribution < 1.29 is 13.2 Å². The van der Waals surface area contributed by atoms with Gasteiger partial charge >= 0.3 is 0 Å². The maximum Gasteiger partial charge on any atom is 0.244 e. The minimum Gasteiger partial charge on any atom is -0.368 e. The molecule has 2 rings (SSSR count). The molecule has 0 saturated carbocycles. The molecule has 0 unspecified atom stereocenters. The van der Waals surface area contributed by atoms with E-state index in [-0.39, 0.29) is 4.90 Å². The number of likely N-dealkylation sites (N-methyl/N-ethyl adjacent to an activating group) is 1. The molecule has 1 fully saturated rings. The minimum absolute atomic E-state index is 0.0962. The van der Waals surface area contributed by atoms with Gasteiger partial charge in [-0.2, -0.15) is 4.31 Å². The van der Waals surface area contributed by atoms with Crippen molar-refractivity contribution >= 4 is 27.9 Å². The number of rotatable bonds is 8. The predicted molar refractivity (Wildman–Crippen MR) is 93.6 cm³/mol. The van der Waals surface area contributed by atoms with Gasteiger partial charge in [0, 0.05) is 38.9 Å². The predicted octanol–water partition coefficient (Wildman–Crippen LogP) is 0.798. The molecule has 24 heavy (non-hydrogen) atoms. The highest BCUT2D eigenvalue weighted by atomic mass is 32.2. The largest absolute Gasteiger partial charge is 0.368 e. The highest BCUT2D eigenvalue weighted by molar-refractivity contribution is 7.89. The van der Waals surface area contributed by atoms with Crippen molar-refractivity contribution in [3.8, 4) is 0 Å². The number of anilines is 2. The van der Waals surface area contributed by atoms with Gasteiger partial charge in [0.1, 0.15) is 10.7 Å². The van der Waals surface area contributed by atoms with E-state index < -0.39 is 10.0 Å². The molecule has 0 bridgehead atoms. The van der Waals surface area contributed by atoms with Crippen LogP contribution in [0.15, 0.2) is 17.2 Å². The quantitative estimate of drug-likeness (QED) is 0.670. The van der Waals surface area contributed by atoms with Crippen LogP contribution in [0.1, 0.15) is 20.3 Å². The molecule has 8 nitrogen and oxygen atoms in total. The summed E-state index contributed by atoms with van der Waals surface area (Å²) in [6.07, 6.45) is 2.75. The van der Waals surface area contributed by atoms with Gasteiger partial charge in [-0.05, 0) is 19.0 Å². The number of carbonyl (C=O) groups is 1. The lowest BCUT2D eigenvalue weighted by Gasteiger charge is -2.33. The first kappa shape index (κ1) is 18.6. The molecule has 1 amide bonds. The van der Waals surface area contributed by atoms with Crippen LogP contribution in [0.4, 0.5) is 11.5 Å². The minimum atomic E-state index is -3.61. The lowest BCUT2D eigenvalue weighted by Crippen LogP contribution is -2.48. The number of carbonyl (C=O) groups excluding carboxylic acids is 1. The van der Waals surface area contributed by atoms with Gasteiger partial charge in [-0.15, -0.1) is 0 Å². The molecular formula is C15H25N5O3S. The van der Waals surface area contributed by atoms with E-state index in [0.717, 1.165) is 26.1 Å². The van der Waals surface area contributed by atoms with Gasteiger partial charge in [0.25, 0.3) is 0 Å². The van der Waals surface area contributed by atoms with Crippen molar-refractivity contribution in [2.75, 3.05) is 49.9 Å².